The lowest BCUT2D eigenvalue weighted by Gasteiger charge is -2.19. The van der Waals surface area contributed by atoms with Crippen molar-refractivity contribution in [2.24, 2.45) is 0 Å². The fraction of sp³-hybridized carbons (Fsp3) is 0.471. The van der Waals surface area contributed by atoms with Gasteiger partial charge in [0.25, 0.3) is 0 Å². The third kappa shape index (κ3) is 3.10. The van der Waals surface area contributed by atoms with Crippen LogP contribution in [-0.4, -0.2) is 5.78 Å². The van der Waals surface area contributed by atoms with E-state index in [1.807, 2.05) is 0 Å². The third-order valence-electron chi connectivity index (χ3n) is 3.58. The van der Waals surface area contributed by atoms with Gasteiger partial charge in [-0.3, -0.25) is 4.79 Å². The minimum absolute atomic E-state index is 0.187. The summed E-state index contributed by atoms with van der Waals surface area (Å²) in [7, 11) is 0. The number of carbonyl (C=O) groups is 1. The van der Waals surface area contributed by atoms with Gasteiger partial charge in [0.2, 0.25) is 0 Å². The topological polar surface area (TPSA) is 17.1 Å². The molecule has 1 saturated carbocycles. The van der Waals surface area contributed by atoms with Crippen LogP contribution < -0.4 is 0 Å². The van der Waals surface area contributed by atoms with Gasteiger partial charge in [0.15, 0.2) is 5.78 Å². The number of carbonyl (C=O) groups excluding carboxylic acids is 1. The molecule has 1 nitrogen and oxygen atoms in total. The number of hydrogen-bond donors (Lipinski definition) is 0. The van der Waals surface area contributed by atoms with Crippen LogP contribution in [0.3, 0.4) is 0 Å². The third-order valence-corrected chi connectivity index (χ3v) is 3.58. The summed E-state index contributed by atoms with van der Waals surface area (Å²) >= 11 is 0. The molecule has 1 aromatic rings. The minimum atomic E-state index is 0.187. The molecule has 2 rings (SSSR count). The highest BCUT2D eigenvalue weighted by molar-refractivity contribution is 6.00. The number of rotatable bonds is 1. The Kier molecular flexibility index (Phi) is 3.70. The molecule has 1 heteroatoms. The van der Waals surface area contributed by atoms with E-state index in [1.54, 1.807) is 0 Å². The first-order valence-electron chi connectivity index (χ1n) is 6.81. The van der Waals surface area contributed by atoms with Gasteiger partial charge in [-0.1, -0.05) is 45.0 Å². The molecule has 1 aliphatic carbocycles. The molecule has 0 atom stereocenters. The van der Waals surface area contributed by atoms with Gasteiger partial charge in [0.05, 0.1) is 0 Å². The van der Waals surface area contributed by atoms with Crippen LogP contribution in [0, 0.1) is 0 Å². The molecule has 1 aliphatic rings. The van der Waals surface area contributed by atoms with E-state index < -0.39 is 0 Å². The van der Waals surface area contributed by atoms with Crippen LogP contribution in [0.1, 0.15) is 57.6 Å². The number of Topliss-reactive ketones (excluding diaryl/α,β-unsaturated/α-hetero) is 1. The van der Waals surface area contributed by atoms with Gasteiger partial charge in [-0.25, -0.2) is 0 Å². The lowest BCUT2D eigenvalue weighted by molar-refractivity contribution is -0.116. The quantitative estimate of drug-likeness (QED) is 0.662. The van der Waals surface area contributed by atoms with Crippen LogP contribution in [0.15, 0.2) is 29.8 Å². The van der Waals surface area contributed by atoms with Crippen molar-refractivity contribution in [1.82, 2.24) is 0 Å². The zero-order valence-corrected chi connectivity index (χ0v) is 11.6. The SMILES string of the molecule is CC(C)(C)c1ccc(/C=C2\CCCCC2=O)cc1. The first-order valence-corrected chi connectivity index (χ1v) is 6.81. The van der Waals surface area contributed by atoms with E-state index in [4.69, 9.17) is 0 Å². The minimum Gasteiger partial charge on any atom is -0.295 e. The molecule has 0 unspecified atom stereocenters. The van der Waals surface area contributed by atoms with E-state index in [0.717, 1.165) is 36.8 Å². The van der Waals surface area contributed by atoms with Crippen LogP contribution in [0.2, 0.25) is 0 Å². The van der Waals surface area contributed by atoms with Gasteiger partial charge >= 0.3 is 0 Å². The molecule has 0 spiro atoms. The molecule has 0 saturated heterocycles. The summed E-state index contributed by atoms with van der Waals surface area (Å²) in [5.41, 5.74) is 3.67. The zero-order valence-electron chi connectivity index (χ0n) is 11.6. The number of benzene rings is 1. The smallest absolute Gasteiger partial charge is 0.158 e. The maximum Gasteiger partial charge on any atom is 0.158 e. The summed E-state index contributed by atoms with van der Waals surface area (Å²) in [4.78, 5) is 11.8. The van der Waals surface area contributed by atoms with E-state index >= 15 is 0 Å². The first-order chi connectivity index (χ1) is 8.47. The highest BCUT2D eigenvalue weighted by atomic mass is 16.1. The first kappa shape index (κ1) is 13.1. The summed E-state index contributed by atoms with van der Waals surface area (Å²) in [5.74, 6) is 0.334. The Morgan fingerprint density at radius 2 is 1.61 bits per heavy atom. The number of ketones is 1. The summed E-state index contributed by atoms with van der Waals surface area (Å²) in [6.07, 6.45) is 5.94. The van der Waals surface area contributed by atoms with E-state index in [-0.39, 0.29) is 5.41 Å². The van der Waals surface area contributed by atoms with Gasteiger partial charge < -0.3 is 0 Å². The van der Waals surface area contributed by atoms with Crippen LogP contribution in [0.5, 0.6) is 0 Å². The van der Waals surface area contributed by atoms with Crippen molar-refractivity contribution in [1.29, 1.82) is 0 Å². The Labute approximate surface area is 110 Å². The fourth-order valence-corrected chi connectivity index (χ4v) is 2.33. The Bertz CT molecular complexity index is 457. The van der Waals surface area contributed by atoms with Crippen molar-refractivity contribution < 1.29 is 4.79 Å². The zero-order chi connectivity index (χ0) is 13.2. The molecule has 1 aromatic carbocycles. The van der Waals surface area contributed by atoms with E-state index in [9.17, 15) is 4.79 Å². The molecule has 18 heavy (non-hydrogen) atoms. The summed E-state index contributed by atoms with van der Waals surface area (Å²) < 4.78 is 0. The number of allylic oxidation sites excluding steroid dienone is 1. The lowest BCUT2D eigenvalue weighted by Crippen LogP contribution is -2.10. The fourth-order valence-electron chi connectivity index (χ4n) is 2.33. The second kappa shape index (κ2) is 5.09. The second-order valence-corrected chi connectivity index (χ2v) is 6.17. The maximum absolute atomic E-state index is 11.8. The molecular weight excluding hydrogens is 220 g/mol. The second-order valence-electron chi connectivity index (χ2n) is 6.17. The normalized spacial score (nSPS) is 19.3. The van der Waals surface area contributed by atoms with Crippen molar-refractivity contribution in [2.45, 2.75) is 51.9 Å². The standard InChI is InChI=1S/C17H22O/c1-17(2,3)15-10-8-13(9-11-15)12-14-6-4-5-7-16(14)18/h8-12H,4-7H2,1-3H3/b14-12+. The molecule has 0 aliphatic heterocycles. The largest absolute Gasteiger partial charge is 0.295 e. The number of hydrogen-bond acceptors (Lipinski definition) is 1. The predicted octanol–water partition coefficient (Wildman–Crippen LogP) is 4.51. The van der Waals surface area contributed by atoms with E-state index in [0.29, 0.717) is 5.78 Å². The maximum atomic E-state index is 11.8. The molecule has 0 aromatic heterocycles. The van der Waals surface area contributed by atoms with E-state index in [1.165, 1.54) is 5.56 Å². The molecule has 96 valence electrons. The lowest BCUT2D eigenvalue weighted by atomic mass is 9.86. The van der Waals surface area contributed by atoms with Crippen molar-refractivity contribution in [3.63, 3.8) is 0 Å². The van der Waals surface area contributed by atoms with Crippen LogP contribution >= 0.6 is 0 Å². The van der Waals surface area contributed by atoms with Gasteiger partial charge in [-0.2, -0.15) is 0 Å². The highest BCUT2D eigenvalue weighted by Crippen LogP contribution is 2.25. The monoisotopic (exact) mass is 242 g/mol. The van der Waals surface area contributed by atoms with Crippen LogP contribution in [0.4, 0.5) is 0 Å². The summed E-state index contributed by atoms with van der Waals surface area (Å²) in [5, 5.41) is 0. The van der Waals surface area contributed by atoms with Crippen molar-refractivity contribution in [2.75, 3.05) is 0 Å². The van der Waals surface area contributed by atoms with Crippen LogP contribution in [0.25, 0.3) is 6.08 Å². The Hall–Kier alpha value is -1.37. The Morgan fingerprint density at radius 3 is 2.17 bits per heavy atom. The molecule has 0 heterocycles. The highest BCUT2D eigenvalue weighted by Gasteiger charge is 2.15. The molecule has 1 fully saturated rings. The van der Waals surface area contributed by atoms with Crippen molar-refractivity contribution in [3.8, 4) is 0 Å². The van der Waals surface area contributed by atoms with Gasteiger partial charge in [-0.05, 0) is 47.5 Å². The van der Waals surface area contributed by atoms with Gasteiger partial charge in [-0.15, -0.1) is 0 Å². The predicted molar refractivity (Wildman–Crippen MR) is 76.6 cm³/mol. The average Bonchev–Trinajstić information content (AvgIpc) is 2.32. The Morgan fingerprint density at radius 1 is 1.00 bits per heavy atom. The molecular formula is C17H22O. The van der Waals surface area contributed by atoms with E-state index in [2.05, 4.69) is 51.1 Å². The van der Waals surface area contributed by atoms with Crippen molar-refractivity contribution >= 4 is 11.9 Å². The molecule has 0 amide bonds. The average molecular weight is 242 g/mol. The van der Waals surface area contributed by atoms with Gasteiger partial charge in [0.1, 0.15) is 0 Å². The Balaban J connectivity index is 2.20. The summed E-state index contributed by atoms with van der Waals surface area (Å²) in [6, 6.07) is 8.57. The molecule has 0 N–H and O–H groups in total. The van der Waals surface area contributed by atoms with Crippen molar-refractivity contribution in [3.05, 3.63) is 41.0 Å². The van der Waals surface area contributed by atoms with Crippen LogP contribution in [-0.2, 0) is 10.2 Å². The van der Waals surface area contributed by atoms with Gasteiger partial charge in [0, 0.05) is 6.42 Å². The summed E-state index contributed by atoms with van der Waals surface area (Å²) in [6.45, 7) is 6.64. The molecule has 0 bridgehead atoms. The molecule has 0 radical (unpaired) electrons.